The summed E-state index contributed by atoms with van der Waals surface area (Å²) in [6, 6.07) is 22.4. The van der Waals surface area contributed by atoms with Gasteiger partial charge < -0.3 is 30.7 Å². The maximum atomic E-state index is 10.6. The predicted molar refractivity (Wildman–Crippen MR) is 181 cm³/mol. The molecule has 51 heavy (non-hydrogen) atoms. The lowest BCUT2D eigenvalue weighted by Crippen LogP contribution is -2.21. The molecule has 2 heterocycles. The first-order valence-corrected chi connectivity index (χ1v) is 15.0. The van der Waals surface area contributed by atoms with Crippen LogP contribution in [-0.2, 0) is 9.59 Å². The van der Waals surface area contributed by atoms with Crippen molar-refractivity contribution < 1.29 is 56.0 Å². The molecule has 268 valence electrons. The summed E-state index contributed by atoms with van der Waals surface area (Å²) in [5, 5.41) is 36.5. The highest BCUT2D eigenvalue weighted by Gasteiger charge is 2.38. The average molecular weight is 757 g/mol. The quantitative estimate of drug-likeness (QED) is 0.0633. The van der Waals surface area contributed by atoms with Crippen LogP contribution in [0.2, 0.25) is 10.0 Å². The van der Waals surface area contributed by atoms with E-state index in [1.807, 2.05) is 60.7 Å². The molecule has 6 aromatic rings. The lowest BCUT2D eigenvalue weighted by molar-refractivity contribution is -0.193. The number of alkyl halides is 6. The molecule has 6 rings (SSSR count). The van der Waals surface area contributed by atoms with Gasteiger partial charge in [0.15, 0.2) is 0 Å². The molecule has 0 aliphatic rings. The van der Waals surface area contributed by atoms with Crippen LogP contribution in [-0.4, -0.2) is 69.8 Å². The summed E-state index contributed by atoms with van der Waals surface area (Å²) in [5.41, 5.74) is 5.09. The van der Waals surface area contributed by atoms with Crippen LogP contribution in [0.25, 0.3) is 43.6 Å². The molecule has 0 atom stereocenters. The van der Waals surface area contributed by atoms with Gasteiger partial charge in [-0.1, -0.05) is 23.2 Å². The first-order chi connectivity index (χ1) is 23.9. The third kappa shape index (κ3) is 9.61. The first-order valence-electron chi connectivity index (χ1n) is 14.3. The van der Waals surface area contributed by atoms with Crippen molar-refractivity contribution in [3.05, 3.63) is 82.8 Å². The van der Waals surface area contributed by atoms with Crippen LogP contribution in [0.4, 0.5) is 37.7 Å². The molecule has 5 N–H and O–H groups in total. The Morgan fingerprint density at radius 1 is 0.647 bits per heavy atom. The third-order valence-corrected chi connectivity index (χ3v) is 7.35. The number of benzene rings is 4. The number of fused-ring (bicyclic) bond motifs is 4. The van der Waals surface area contributed by atoms with Crippen LogP contribution in [0.15, 0.2) is 72.8 Å². The lowest BCUT2D eigenvalue weighted by atomic mass is 10.1. The number of hydrogen-bond donors (Lipinski definition) is 5. The van der Waals surface area contributed by atoms with Gasteiger partial charge in [0.25, 0.3) is 0 Å². The van der Waals surface area contributed by atoms with Gasteiger partial charge in [-0.15, -0.1) is 0 Å². The number of carboxylic acid groups (broad SMARTS) is 2. The summed E-state index contributed by atoms with van der Waals surface area (Å²) in [5.74, 6) is -4.57. The van der Waals surface area contributed by atoms with E-state index in [0.717, 1.165) is 60.7 Å². The summed E-state index contributed by atoms with van der Waals surface area (Å²) in [7, 11) is 1.65. The van der Waals surface area contributed by atoms with Crippen LogP contribution >= 0.6 is 23.2 Å². The highest BCUT2D eigenvalue weighted by Crippen LogP contribution is 2.36. The van der Waals surface area contributed by atoms with Gasteiger partial charge in [-0.05, 0) is 72.8 Å². The molecule has 0 radical (unpaired) electrons. The molecule has 0 aliphatic carbocycles. The Hall–Kier alpha value is -5.48. The molecule has 2 aromatic heterocycles. The Bertz CT molecular complexity index is 2230. The topological polar surface area (TPSA) is 154 Å². The number of carbonyl (C=O) groups is 2. The van der Waals surface area contributed by atoms with Crippen LogP contribution < -0.4 is 15.4 Å². The van der Waals surface area contributed by atoms with E-state index in [9.17, 15) is 31.4 Å². The van der Waals surface area contributed by atoms with Gasteiger partial charge >= 0.3 is 24.3 Å². The van der Waals surface area contributed by atoms with Gasteiger partial charge in [-0.25, -0.2) is 19.6 Å². The number of aromatic hydroxyl groups is 1. The van der Waals surface area contributed by atoms with E-state index in [4.69, 9.17) is 57.7 Å². The predicted octanol–water partition coefficient (Wildman–Crippen LogP) is 8.90. The molecular weight excluding hydrogens is 733 g/mol. The number of halogens is 8. The number of phenols is 1. The van der Waals surface area contributed by atoms with Crippen molar-refractivity contribution in [2.45, 2.75) is 12.4 Å². The van der Waals surface area contributed by atoms with Gasteiger partial charge in [0.05, 0.1) is 40.6 Å². The smallest absolute Gasteiger partial charge is 0.490 e. The standard InChI is InChI=1S/C29H22Cl2N4O2.2C2HF3O2/c1-37-19-5-9-25-23(15-19)29(21-7-3-17(31)13-27(21)35-25)33-11-10-32-28-20-6-2-16(30)12-26(20)34-24-8-4-18(36)14-22(24)28;2*3-2(4,5)1(6)7/h2-9,12-15,36H,10-11H2,1H3,(H,32,34)(H,33,35);2*(H,6,7). The number of carboxylic acids is 2. The van der Waals surface area contributed by atoms with E-state index in [0.29, 0.717) is 23.1 Å². The molecule has 0 fully saturated rings. The number of nitrogens with one attached hydrogen (secondary N) is 2. The van der Waals surface area contributed by atoms with Gasteiger partial charge in [-0.3, -0.25) is 0 Å². The van der Waals surface area contributed by atoms with E-state index in [-0.39, 0.29) is 5.75 Å². The van der Waals surface area contributed by atoms with Gasteiger partial charge in [0.1, 0.15) is 11.5 Å². The number of hydrogen-bond acceptors (Lipinski definition) is 8. The molecule has 0 unspecified atom stereocenters. The van der Waals surface area contributed by atoms with Crippen molar-refractivity contribution in [2.75, 3.05) is 30.8 Å². The number of methoxy groups -OCH3 is 1. The van der Waals surface area contributed by atoms with Crippen molar-refractivity contribution >= 4 is 90.1 Å². The molecule has 4 aromatic carbocycles. The Kier molecular flexibility index (Phi) is 11.7. The minimum Gasteiger partial charge on any atom is -0.508 e. The second kappa shape index (κ2) is 15.6. The van der Waals surface area contributed by atoms with Crippen molar-refractivity contribution in [2.24, 2.45) is 0 Å². The monoisotopic (exact) mass is 756 g/mol. The van der Waals surface area contributed by atoms with E-state index < -0.39 is 24.3 Å². The molecule has 0 saturated heterocycles. The number of aliphatic carboxylic acids is 2. The first kappa shape index (κ1) is 38.3. The SMILES string of the molecule is COc1ccc2nc3cc(Cl)ccc3c(NCCNc3c4ccc(Cl)cc4nc4ccc(O)cc34)c2c1.O=C(O)C(F)(F)F.O=C(O)C(F)(F)F. The van der Waals surface area contributed by atoms with Crippen LogP contribution in [0.5, 0.6) is 11.5 Å². The number of ether oxygens (including phenoxy) is 1. The van der Waals surface area contributed by atoms with Crippen molar-refractivity contribution in [3.63, 3.8) is 0 Å². The molecule has 0 saturated carbocycles. The third-order valence-electron chi connectivity index (χ3n) is 6.88. The fourth-order valence-electron chi connectivity index (χ4n) is 4.68. The summed E-state index contributed by atoms with van der Waals surface area (Å²) in [6.45, 7) is 1.22. The van der Waals surface area contributed by atoms with E-state index in [1.54, 1.807) is 19.2 Å². The molecule has 0 aliphatic heterocycles. The molecule has 10 nitrogen and oxygen atoms in total. The molecular formula is C33H24Cl2F6N4O6. The zero-order valence-electron chi connectivity index (χ0n) is 25.8. The van der Waals surface area contributed by atoms with E-state index >= 15 is 0 Å². The van der Waals surface area contributed by atoms with Gasteiger partial charge in [0.2, 0.25) is 0 Å². The maximum Gasteiger partial charge on any atom is 0.490 e. The fourth-order valence-corrected chi connectivity index (χ4v) is 5.02. The largest absolute Gasteiger partial charge is 0.508 e. The molecule has 18 heteroatoms. The summed E-state index contributed by atoms with van der Waals surface area (Å²) in [6.07, 6.45) is -10.2. The molecule has 0 amide bonds. The van der Waals surface area contributed by atoms with Crippen molar-refractivity contribution in [3.8, 4) is 11.5 Å². The number of phenolic OH excluding ortho intramolecular Hbond substituents is 1. The summed E-state index contributed by atoms with van der Waals surface area (Å²) >= 11 is 12.5. The number of nitrogens with zero attached hydrogens (tertiary/aromatic N) is 2. The second-order valence-corrected chi connectivity index (χ2v) is 11.2. The number of anilines is 2. The molecule has 0 bridgehead atoms. The van der Waals surface area contributed by atoms with E-state index in [1.165, 1.54) is 0 Å². The average Bonchev–Trinajstić information content (AvgIpc) is 3.05. The van der Waals surface area contributed by atoms with Crippen molar-refractivity contribution in [1.29, 1.82) is 0 Å². The second-order valence-electron chi connectivity index (χ2n) is 10.3. The van der Waals surface area contributed by atoms with Crippen LogP contribution in [0.1, 0.15) is 0 Å². The number of rotatable bonds is 6. The molecule has 0 spiro atoms. The maximum absolute atomic E-state index is 10.6. The summed E-state index contributed by atoms with van der Waals surface area (Å²) in [4.78, 5) is 27.3. The van der Waals surface area contributed by atoms with Crippen molar-refractivity contribution in [1.82, 2.24) is 9.97 Å². The summed E-state index contributed by atoms with van der Waals surface area (Å²) < 4.78 is 68.9. The Labute approximate surface area is 293 Å². The Balaban J connectivity index is 0.000000353. The minimum absolute atomic E-state index is 0.186. The fraction of sp³-hybridized carbons (Fsp3) is 0.152. The number of aromatic nitrogens is 2. The normalized spacial score (nSPS) is 11.4. The Morgan fingerprint density at radius 3 is 1.47 bits per heavy atom. The van der Waals surface area contributed by atoms with E-state index in [2.05, 4.69) is 10.6 Å². The van der Waals surface area contributed by atoms with Crippen LogP contribution in [0.3, 0.4) is 0 Å². The Morgan fingerprint density at radius 2 is 1.06 bits per heavy atom. The zero-order valence-corrected chi connectivity index (χ0v) is 27.3. The highest BCUT2D eigenvalue weighted by atomic mass is 35.5. The lowest BCUT2D eigenvalue weighted by Gasteiger charge is -2.16. The zero-order chi connectivity index (χ0) is 37.7. The van der Waals surface area contributed by atoms with Gasteiger partial charge in [0, 0.05) is 44.7 Å². The van der Waals surface area contributed by atoms with Gasteiger partial charge in [-0.2, -0.15) is 26.3 Å². The number of pyridine rings is 2. The van der Waals surface area contributed by atoms with Crippen LogP contribution in [0, 0.1) is 0 Å². The minimum atomic E-state index is -5.08. The highest BCUT2D eigenvalue weighted by molar-refractivity contribution is 6.32.